The van der Waals surface area contributed by atoms with Crippen molar-refractivity contribution in [3.63, 3.8) is 0 Å². The van der Waals surface area contributed by atoms with Crippen LogP contribution in [0.4, 0.5) is 0 Å². The van der Waals surface area contributed by atoms with Gasteiger partial charge in [-0.05, 0) is 47.7 Å². The Labute approximate surface area is 162 Å². The van der Waals surface area contributed by atoms with Crippen LogP contribution in [0.15, 0.2) is 63.4 Å². The third-order valence-electron chi connectivity index (χ3n) is 4.30. The second kappa shape index (κ2) is 7.85. The van der Waals surface area contributed by atoms with Crippen LogP contribution < -0.4 is 9.46 Å². The molecule has 2 aromatic heterocycles. The van der Waals surface area contributed by atoms with Crippen LogP contribution >= 0.6 is 11.3 Å². The first-order valence-electron chi connectivity index (χ1n) is 8.37. The molecule has 0 amide bonds. The van der Waals surface area contributed by atoms with Gasteiger partial charge in [0.2, 0.25) is 10.0 Å². The summed E-state index contributed by atoms with van der Waals surface area (Å²) < 4.78 is 39.0. The Morgan fingerprint density at radius 1 is 1.26 bits per heavy atom. The molecule has 0 spiro atoms. The number of aryl methyl sites for hydroxylation is 1. The van der Waals surface area contributed by atoms with E-state index in [0.717, 1.165) is 5.56 Å². The number of thiophene rings is 1. The van der Waals surface area contributed by atoms with Crippen molar-refractivity contribution in [2.75, 3.05) is 13.7 Å². The van der Waals surface area contributed by atoms with Gasteiger partial charge in [-0.1, -0.05) is 19.1 Å². The van der Waals surface area contributed by atoms with Crippen molar-refractivity contribution >= 4 is 21.4 Å². The molecule has 0 saturated heterocycles. The van der Waals surface area contributed by atoms with Crippen molar-refractivity contribution in [3.8, 4) is 5.75 Å². The van der Waals surface area contributed by atoms with Crippen LogP contribution in [0, 0.1) is 0 Å². The average Bonchev–Trinajstić information content (AvgIpc) is 3.40. The summed E-state index contributed by atoms with van der Waals surface area (Å²) in [6.07, 6.45) is 2.13. The number of sulfonamides is 1. The number of nitrogens with one attached hydrogen (secondary N) is 1. The number of ether oxygens (including phenoxy) is 1. The van der Waals surface area contributed by atoms with E-state index >= 15 is 0 Å². The van der Waals surface area contributed by atoms with Gasteiger partial charge in [-0.25, -0.2) is 13.1 Å². The molecule has 8 heteroatoms. The van der Waals surface area contributed by atoms with Gasteiger partial charge in [-0.15, -0.1) is 11.3 Å². The summed E-state index contributed by atoms with van der Waals surface area (Å²) >= 11 is 1.32. The van der Waals surface area contributed by atoms with Gasteiger partial charge in [0.05, 0.1) is 19.9 Å². The minimum absolute atomic E-state index is 0.0392. The minimum atomic E-state index is -3.92. The first-order valence-corrected chi connectivity index (χ1v) is 10.7. The van der Waals surface area contributed by atoms with Gasteiger partial charge in [0.1, 0.15) is 16.4 Å². The maximum Gasteiger partial charge on any atom is 0.244 e. The predicted octanol–water partition coefficient (Wildman–Crippen LogP) is 3.13. The average molecular weight is 408 g/mol. The molecule has 0 aliphatic carbocycles. The van der Waals surface area contributed by atoms with E-state index < -0.39 is 15.6 Å². The lowest BCUT2D eigenvalue weighted by Crippen LogP contribution is -2.41. The molecule has 3 rings (SSSR count). The number of methoxy groups -OCH3 is 1. The lowest BCUT2D eigenvalue weighted by Gasteiger charge is -2.25. The Morgan fingerprint density at radius 2 is 2.07 bits per heavy atom. The van der Waals surface area contributed by atoms with Crippen molar-refractivity contribution in [2.24, 2.45) is 0 Å². The maximum absolute atomic E-state index is 12.9. The highest BCUT2D eigenvalue weighted by atomic mass is 32.2. The fourth-order valence-electron chi connectivity index (χ4n) is 2.75. The van der Waals surface area contributed by atoms with Gasteiger partial charge >= 0.3 is 0 Å². The van der Waals surface area contributed by atoms with Crippen molar-refractivity contribution in [2.45, 2.75) is 23.8 Å². The molecule has 6 nitrogen and oxygen atoms in total. The first kappa shape index (κ1) is 19.6. The van der Waals surface area contributed by atoms with Gasteiger partial charge in [0.25, 0.3) is 0 Å². The van der Waals surface area contributed by atoms with Crippen LogP contribution in [-0.2, 0) is 22.0 Å². The number of aliphatic hydroxyl groups is 1. The Bertz CT molecular complexity index is 945. The van der Waals surface area contributed by atoms with Crippen molar-refractivity contribution < 1.29 is 22.7 Å². The van der Waals surface area contributed by atoms with Crippen LogP contribution in [-0.4, -0.2) is 27.2 Å². The Morgan fingerprint density at radius 3 is 2.67 bits per heavy atom. The monoisotopic (exact) mass is 407 g/mol. The standard InChI is InChI=1S/C19H21NO5S2/c1-3-14-8-9-15(24-2)16(12-14)27(22,23)20-13-19(21,17-6-4-10-25-17)18-7-5-11-26-18/h4-12,20-21H,3,13H2,1-2H3. The van der Waals surface area contributed by atoms with E-state index in [4.69, 9.17) is 9.15 Å². The molecule has 0 radical (unpaired) electrons. The zero-order chi connectivity index (χ0) is 19.5. The summed E-state index contributed by atoms with van der Waals surface area (Å²) in [5.41, 5.74) is -0.740. The van der Waals surface area contributed by atoms with E-state index in [9.17, 15) is 13.5 Å². The molecule has 0 fully saturated rings. The molecule has 0 aliphatic heterocycles. The second-order valence-electron chi connectivity index (χ2n) is 5.98. The van der Waals surface area contributed by atoms with Crippen LogP contribution in [0.3, 0.4) is 0 Å². The van der Waals surface area contributed by atoms with Crippen LogP contribution in [0.25, 0.3) is 0 Å². The third kappa shape index (κ3) is 3.93. The summed E-state index contributed by atoms with van der Waals surface area (Å²) in [7, 11) is -2.50. The highest BCUT2D eigenvalue weighted by Crippen LogP contribution is 2.33. The van der Waals surface area contributed by atoms with Crippen molar-refractivity contribution in [1.29, 1.82) is 0 Å². The fourth-order valence-corrected chi connectivity index (χ4v) is 4.86. The summed E-state index contributed by atoms with van der Waals surface area (Å²) in [6.45, 7) is 1.67. The summed E-state index contributed by atoms with van der Waals surface area (Å²) in [4.78, 5) is 0.617. The summed E-state index contributed by atoms with van der Waals surface area (Å²) in [5.74, 6) is 0.513. The molecule has 144 valence electrons. The quantitative estimate of drug-likeness (QED) is 0.599. The van der Waals surface area contributed by atoms with Gasteiger partial charge in [-0.3, -0.25) is 0 Å². The fraction of sp³-hybridized carbons (Fsp3) is 0.263. The van der Waals surface area contributed by atoms with Crippen molar-refractivity contribution in [1.82, 2.24) is 4.72 Å². The van der Waals surface area contributed by atoms with Crippen LogP contribution in [0.1, 0.15) is 23.1 Å². The van der Waals surface area contributed by atoms with E-state index in [0.29, 0.717) is 11.3 Å². The number of rotatable bonds is 8. The zero-order valence-corrected chi connectivity index (χ0v) is 16.6. The van der Waals surface area contributed by atoms with Gasteiger partial charge in [0, 0.05) is 4.88 Å². The van der Waals surface area contributed by atoms with Crippen LogP contribution in [0.2, 0.25) is 0 Å². The van der Waals surface area contributed by atoms with Gasteiger partial charge in [0.15, 0.2) is 5.60 Å². The molecule has 0 aliphatic rings. The lowest BCUT2D eigenvalue weighted by molar-refractivity contribution is 0.0655. The molecule has 0 bridgehead atoms. The summed E-state index contributed by atoms with van der Waals surface area (Å²) in [5, 5.41) is 13.0. The first-order chi connectivity index (χ1) is 12.9. The smallest absolute Gasteiger partial charge is 0.244 e. The topological polar surface area (TPSA) is 88.8 Å². The number of benzene rings is 1. The highest BCUT2D eigenvalue weighted by Gasteiger charge is 2.37. The Balaban J connectivity index is 1.94. The molecule has 2 N–H and O–H groups in total. The van der Waals surface area contributed by atoms with E-state index in [2.05, 4.69) is 4.72 Å². The molecule has 27 heavy (non-hydrogen) atoms. The van der Waals surface area contributed by atoms with Gasteiger partial charge < -0.3 is 14.3 Å². The Kier molecular flexibility index (Phi) is 5.71. The van der Waals surface area contributed by atoms with E-state index in [1.807, 2.05) is 18.4 Å². The zero-order valence-electron chi connectivity index (χ0n) is 15.0. The highest BCUT2D eigenvalue weighted by molar-refractivity contribution is 7.89. The number of hydrogen-bond acceptors (Lipinski definition) is 6. The molecule has 3 aromatic rings. The van der Waals surface area contributed by atoms with E-state index in [1.165, 1.54) is 24.7 Å². The van der Waals surface area contributed by atoms with Crippen molar-refractivity contribution in [3.05, 3.63) is 70.3 Å². The minimum Gasteiger partial charge on any atom is -0.495 e. The van der Waals surface area contributed by atoms with E-state index in [-0.39, 0.29) is 22.9 Å². The largest absolute Gasteiger partial charge is 0.495 e. The molecule has 0 saturated carbocycles. The molecular formula is C19H21NO5S2. The third-order valence-corrected chi connectivity index (χ3v) is 6.74. The molecule has 2 heterocycles. The molecule has 1 unspecified atom stereocenters. The maximum atomic E-state index is 12.9. The normalized spacial score (nSPS) is 14.0. The lowest BCUT2D eigenvalue weighted by atomic mass is 9.99. The Hall–Kier alpha value is -2.13. The SMILES string of the molecule is CCc1ccc(OC)c(S(=O)(=O)NCC(O)(c2ccco2)c2cccs2)c1. The van der Waals surface area contributed by atoms with E-state index in [1.54, 1.807) is 36.4 Å². The van der Waals surface area contributed by atoms with Gasteiger partial charge in [-0.2, -0.15) is 0 Å². The second-order valence-corrected chi connectivity index (χ2v) is 8.66. The predicted molar refractivity (Wildman–Crippen MR) is 104 cm³/mol. The molecule has 1 atom stereocenters. The molecule has 1 aromatic carbocycles. The number of furan rings is 1. The molecular weight excluding hydrogens is 386 g/mol. The number of hydrogen-bond donors (Lipinski definition) is 2. The summed E-state index contributed by atoms with van der Waals surface area (Å²) in [6, 6.07) is 11.8. The van der Waals surface area contributed by atoms with Crippen LogP contribution in [0.5, 0.6) is 5.75 Å².